The Labute approximate surface area is 84.5 Å². The Balaban J connectivity index is 2.30. The van der Waals surface area contributed by atoms with Crippen LogP contribution in [0.5, 0.6) is 0 Å². The van der Waals surface area contributed by atoms with E-state index in [0.29, 0.717) is 0 Å². The molecule has 1 aliphatic heterocycles. The highest BCUT2D eigenvalue weighted by molar-refractivity contribution is 4.99. The number of aromatic nitrogens is 3. The van der Waals surface area contributed by atoms with E-state index in [4.69, 9.17) is 5.73 Å². The summed E-state index contributed by atoms with van der Waals surface area (Å²) in [6, 6.07) is 0. The van der Waals surface area contributed by atoms with E-state index >= 15 is 0 Å². The van der Waals surface area contributed by atoms with Crippen molar-refractivity contribution in [1.82, 2.24) is 14.8 Å². The van der Waals surface area contributed by atoms with Crippen molar-refractivity contribution < 1.29 is 0 Å². The average Bonchev–Trinajstić information content (AvgIpc) is 2.36. The van der Waals surface area contributed by atoms with Gasteiger partial charge in [-0.05, 0) is 33.1 Å². The minimum atomic E-state index is -0.113. The standard InChI is InChI=1S/C10H18N4/c1-8-12-9-7-10(2,11)5-3-4-6-14(9)13-8/h3-7,11H2,1-2H3. The smallest absolute Gasteiger partial charge is 0.147 e. The molecule has 1 aliphatic rings. The second kappa shape index (κ2) is 3.35. The van der Waals surface area contributed by atoms with Crippen molar-refractivity contribution >= 4 is 0 Å². The lowest BCUT2D eigenvalue weighted by Crippen LogP contribution is -2.40. The summed E-state index contributed by atoms with van der Waals surface area (Å²) in [4.78, 5) is 4.42. The van der Waals surface area contributed by atoms with Gasteiger partial charge >= 0.3 is 0 Å². The number of fused-ring (bicyclic) bond motifs is 1. The maximum atomic E-state index is 6.19. The van der Waals surface area contributed by atoms with Crippen LogP contribution in [0.25, 0.3) is 0 Å². The van der Waals surface area contributed by atoms with Crippen molar-refractivity contribution in [3.8, 4) is 0 Å². The van der Waals surface area contributed by atoms with Crippen LogP contribution in [0.15, 0.2) is 0 Å². The molecule has 0 saturated heterocycles. The number of rotatable bonds is 0. The van der Waals surface area contributed by atoms with Crippen LogP contribution < -0.4 is 5.73 Å². The maximum absolute atomic E-state index is 6.19. The van der Waals surface area contributed by atoms with Crippen LogP contribution >= 0.6 is 0 Å². The largest absolute Gasteiger partial charge is 0.325 e. The van der Waals surface area contributed by atoms with E-state index in [1.165, 1.54) is 6.42 Å². The Morgan fingerprint density at radius 3 is 3.00 bits per heavy atom. The Kier molecular flexibility index (Phi) is 2.31. The predicted molar refractivity (Wildman–Crippen MR) is 54.9 cm³/mol. The van der Waals surface area contributed by atoms with Crippen molar-refractivity contribution in [2.45, 2.75) is 51.6 Å². The van der Waals surface area contributed by atoms with Crippen molar-refractivity contribution in [3.63, 3.8) is 0 Å². The van der Waals surface area contributed by atoms with E-state index in [1.54, 1.807) is 0 Å². The molecule has 78 valence electrons. The van der Waals surface area contributed by atoms with Crippen molar-refractivity contribution in [2.24, 2.45) is 5.73 Å². The normalized spacial score (nSPS) is 27.9. The van der Waals surface area contributed by atoms with Crippen molar-refractivity contribution in [3.05, 3.63) is 11.6 Å². The molecule has 0 spiro atoms. The predicted octanol–water partition coefficient (Wildman–Crippen LogP) is 1.03. The number of hydrogen-bond donors (Lipinski definition) is 1. The zero-order chi connectivity index (χ0) is 10.2. The number of hydrogen-bond acceptors (Lipinski definition) is 3. The molecule has 0 bridgehead atoms. The monoisotopic (exact) mass is 194 g/mol. The lowest BCUT2D eigenvalue weighted by Gasteiger charge is -2.26. The van der Waals surface area contributed by atoms with Gasteiger partial charge in [0.05, 0.1) is 0 Å². The molecule has 0 radical (unpaired) electrons. The fourth-order valence-corrected chi connectivity index (χ4v) is 2.05. The van der Waals surface area contributed by atoms with Gasteiger partial charge in [-0.3, -0.25) is 0 Å². The second-order valence-electron chi connectivity index (χ2n) is 4.59. The van der Waals surface area contributed by atoms with Crippen molar-refractivity contribution in [1.29, 1.82) is 0 Å². The molecule has 14 heavy (non-hydrogen) atoms. The van der Waals surface area contributed by atoms with Gasteiger partial charge in [-0.25, -0.2) is 9.67 Å². The van der Waals surface area contributed by atoms with Gasteiger partial charge in [0.2, 0.25) is 0 Å². The molecular weight excluding hydrogens is 176 g/mol. The summed E-state index contributed by atoms with van der Waals surface area (Å²) in [5.74, 6) is 1.91. The molecule has 1 unspecified atom stereocenters. The van der Waals surface area contributed by atoms with Gasteiger partial charge in [-0.1, -0.05) is 0 Å². The third-order valence-electron chi connectivity index (χ3n) is 2.78. The van der Waals surface area contributed by atoms with Crippen LogP contribution in [0.3, 0.4) is 0 Å². The first-order chi connectivity index (χ1) is 6.57. The van der Waals surface area contributed by atoms with Crippen LogP contribution in [0.1, 0.15) is 37.8 Å². The molecule has 1 aromatic rings. The third-order valence-corrected chi connectivity index (χ3v) is 2.78. The topological polar surface area (TPSA) is 56.7 Å². The first-order valence-electron chi connectivity index (χ1n) is 5.26. The molecule has 0 aliphatic carbocycles. The summed E-state index contributed by atoms with van der Waals surface area (Å²) in [5.41, 5.74) is 6.08. The molecule has 4 heteroatoms. The summed E-state index contributed by atoms with van der Waals surface area (Å²) in [6.45, 7) is 5.03. The molecule has 2 N–H and O–H groups in total. The highest BCUT2D eigenvalue weighted by Crippen LogP contribution is 2.19. The molecular formula is C10H18N4. The Morgan fingerprint density at radius 2 is 2.21 bits per heavy atom. The van der Waals surface area contributed by atoms with Crippen LogP contribution in [-0.2, 0) is 13.0 Å². The number of aryl methyl sites for hydroxylation is 2. The van der Waals surface area contributed by atoms with Gasteiger partial charge < -0.3 is 5.73 Å². The van der Waals surface area contributed by atoms with Gasteiger partial charge in [-0.2, -0.15) is 5.10 Å². The van der Waals surface area contributed by atoms with Gasteiger partial charge in [0.25, 0.3) is 0 Å². The van der Waals surface area contributed by atoms with Crippen LogP contribution in [0, 0.1) is 6.92 Å². The summed E-state index contributed by atoms with van der Waals surface area (Å²) in [5, 5.41) is 4.37. The fourth-order valence-electron chi connectivity index (χ4n) is 2.05. The van der Waals surface area contributed by atoms with Gasteiger partial charge in [-0.15, -0.1) is 0 Å². The number of nitrogens with zero attached hydrogens (tertiary/aromatic N) is 3. The van der Waals surface area contributed by atoms with Crippen molar-refractivity contribution in [2.75, 3.05) is 0 Å². The maximum Gasteiger partial charge on any atom is 0.147 e. The van der Waals surface area contributed by atoms with Gasteiger partial charge in [0, 0.05) is 18.5 Å². The van der Waals surface area contributed by atoms with Crippen LogP contribution in [0.4, 0.5) is 0 Å². The van der Waals surface area contributed by atoms with Crippen LogP contribution in [-0.4, -0.2) is 20.3 Å². The van der Waals surface area contributed by atoms with E-state index < -0.39 is 0 Å². The Morgan fingerprint density at radius 1 is 1.43 bits per heavy atom. The van der Waals surface area contributed by atoms with E-state index in [2.05, 4.69) is 17.0 Å². The fraction of sp³-hybridized carbons (Fsp3) is 0.800. The molecule has 1 aromatic heterocycles. The minimum absolute atomic E-state index is 0.113. The zero-order valence-corrected chi connectivity index (χ0v) is 8.95. The Bertz CT molecular complexity index is 327. The first kappa shape index (κ1) is 9.65. The lowest BCUT2D eigenvalue weighted by molar-refractivity contribution is 0.357. The van der Waals surface area contributed by atoms with E-state index in [0.717, 1.165) is 37.5 Å². The summed E-state index contributed by atoms with van der Waals surface area (Å²) in [7, 11) is 0. The van der Waals surface area contributed by atoms with Gasteiger partial charge in [0.1, 0.15) is 11.6 Å². The number of nitrogens with two attached hydrogens (primary N) is 1. The first-order valence-corrected chi connectivity index (χ1v) is 5.26. The van der Waals surface area contributed by atoms with E-state index in [1.807, 2.05) is 11.6 Å². The second-order valence-corrected chi connectivity index (χ2v) is 4.59. The van der Waals surface area contributed by atoms with E-state index in [9.17, 15) is 0 Å². The lowest BCUT2D eigenvalue weighted by atomic mass is 9.91. The molecule has 2 rings (SSSR count). The molecule has 1 atom stereocenters. The highest BCUT2D eigenvalue weighted by Gasteiger charge is 2.24. The SMILES string of the molecule is Cc1nc2n(n1)CCCCC(C)(N)C2. The van der Waals surface area contributed by atoms with E-state index in [-0.39, 0.29) is 5.54 Å². The Hall–Kier alpha value is -0.900. The quantitative estimate of drug-likeness (QED) is 0.671. The summed E-state index contributed by atoms with van der Waals surface area (Å²) in [6.07, 6.45) is 4.26. The third kappa shape index (κ3) is 1.95. The molecule has 0 fully saturated rings. The summed E-state index contributed by atoms with van der Waals surface area (Å²) < 4.78 is 2.01. The average molecular weight is 194 g/mol. The molecule has 0 amide bonds. The highest BCUT2D eigenvalue weighted by atomic mass is 15.3. The molecule has 0 aromatic carbocycles. The van der Waals surface area contributed by atoms with Crippen LogP contribution in [0.2, 0.25) is 0 Å². The molecule has 2 heterocycles. The van der Waals surface area contributed by atoms with Gasteiger partial charge in [0.15, 0.2) is 0 Å². The molecule has 4 nitrogen and oxygen atoms in total. The minimum Gasteiger partial charge on any atom is -0.325 e. The zero-order valence-electron chi connectivity index (χ0n) is 8.95. The summed E-state index contributed by atoms with van der Waals surface area (Å²) >= 11 is 0. The molecule has 0 saturated carbocycles.